The maximum Gasteiger partial charge on any atom is 0.325 e. The van der Waals surface area contributed by atoms with E-state index in [4.69, 9.17) is 11.6 Å². The molecule has 1 fully saturated rings. The number of hydrogen-bond acceptors (Lipinski definition) is 5. The molecule has 1 aromatic carbocycles. The first-order valence-electron chi connectivity index (χ1n) is 7.55. The van der Waals surface area contributed by atoms with Gasteiger partial charge < -0.3 is 10.2 Å². The summed E-state index contributed by atoms with van der Waals surface area (Å²) in [7, 11) is 0. The van der Waals surface area contributed by atoms with E-state index in [0.717, 1.165) is 11.7 Å². The van der Waals surface area contributed by atoms with Crippen molar-refractivity contribution in [2.75, 3.05) is 22.1 Å². The van der Waals surface area contributed by atoms with Crippen molar-refractivity contribution in [3.63, 3.8) is 0 Å². The predicted molar refractivity (Wildman–Crippen MR) is 94.7 cm³/mol. The molecule has 1 atom stereocenters. The first-order chi connectivity index (χ1) is 11.1. The molecule has 0 aliphatic carbocycles. The number of hydrogen-bond donors (Lipinski definition) is 2. The maximum atomic E-state index is 12.0. The molecule has 1 saturated heterocycles. The van der Waals surface area contributed by atoms with Crippen LogP contribution in [-0.4, -0.2) is 28.8 Å². The highest BCUT2D eigenvalue weighted by Crippen LogP contribution is 2.29. The minimum absolute atomic E-state index is 0.346. The van der Waals surface area contributed by atoms with E-state index in [1.165, 1.54) is 30.6 Å². The van der Waals surface area contributed by atoms with Crippen LogP contribution in [0.15, 0.2) is 24.3 Å². The molecule has 2 heterocycles. The van der Waals surface area contributed by atoms with Crippen molar-refractivity contribution < 1.29 is 4.79 Å². The lowest BCUT2D eigenvalue weighted by atomic mass is 10.1. The first kappa shape index (κ1) is 16.0. The topological polar surface area (TPSA) is 70.2 Å². The lowest BCUT2D eigenvalue weighted by molar-refractivity contribution is 0.262. The zero-order valence-corrected chi connectivity index (χ0v) is 14.3. The third kappa shape index (κ3) is 4.11. The van der Waals surface area contributed by atoms with Crippen LogP contribution in [0.25, 0.3) is 0 Å². The van der Waals surface area contributed by atoms with E-state index >= 15 is 0 Å². The fraction of sp³-hybridized carbons (Fsp3) is 0.400. The Kier molecular flexibility index (Phi) is 4.97. The predicted octanol–water partition coefficient (Wildman–Crippen LogP) is 4.21. The summed E-state index contributed by atoms with van der Waals surface area (Å²) in [6.07, 6.45) is 3.59. The Morgan fingerprint density at radius 3 is 2.78 bits per heavy atom. The minimum atomic E-state index is -0.346. The summed E-state index contributed by atoms with van der Waals surface area (Å²) >= 11 is 7.21. The highest BCUT2D eigenvalue weighted by Gasteiger charge is 2.22. The van der Waals surface area contributed by atoms with Crippen LogP contribution in [0.4, 0.5) is 20.7 Å². The first-order valence-corrected chi connectivity index (χ1v) is 8.75. The van der Waals surface area contributed by atoms with Gasteiger partial charge >= 0.3 is 6.03 Å². The summed E-state index contributed by atoms with van der Waals surface area (Å²) in [5.74, 6) is 0. The zero-order chi connectivity index (χ0) is 16.2. The van der Waals surface area contributed by atoms with Crippen molar-refractivity contribution in [2.45, 2.75) is 32.2 Å². The third-order valence-corrected chi connectivity index (χ3v) is 4.91. The average Bonchev–Trinajstić information content (AvgIpc) is 2.98. The Morgan fingerprint density at radius 1 is 1.26 bits per heavy atom. The van der Waals surface area contributed by atoms with Gasteiger partial charge in [0.2, 0.25) is 10.3 Å². The Hall–Kier alpha value is -1.86. The Balaban J connectivity index is 1.60. The van der Waals surface area contributed by atoms with Crippen molar-refractivity contribution in [2.24, 2.45) is 0 Å². The second kappa shape index (κ2) is 7.14. The lowest BCUT2D eigenvalue weighted by Crippen LogP contribution is -2.37. The molecule has 1 aromatic heterocycles. The minimum Gasteiger partial charge on any atom is -0.344 e. The van der Waals surface area contributed by atoms with E-state index in [2.05, 4.69) is 32.7 Å². The van der Waals surface area contributed by atoms with Gasteiger partial charge in [-0.1, -0.05) is 22.9 Å². The number of rotatable bonds is 3. The Morgan fingerprint density at radius 2 is 2.04 bits per heavy atom. The Labute approximate surface area is 143 Å². The van der Waals surface area contributed by atoms with Crippen LogP contribution < -0.4 is 15.5 Å². The van der Waals surface area contributed by atoms with Crippen molar-refractivity contribution in [3.8, 4) is 0 Å². The lowest BCUT2D eigenvalue weighted by Gasteiger charge is -2.32. The molecule has 6 nitrogen and oxygen atoms in total. The van der Waals surface area contributed by atoms with E-state index in [-0.39, 0.29) is 6.03 Å². The summed E-state index contributed by atoms with van der Waals surface area (Å²) in [5.41, 5.74) is 0.668. The van der Waals surface area contributed by atoms with Gasteiger partial charge in [0, 0.05) is 23.3 Å². The molecule has 1 unspecified atom stereocenters. The monoisotopic (exact) mass is 351 g/mol. The van der Waals surface area contributed by atoms with Crippen molar-refractivity contribution in [1.82, 2.24) is 10.2 Å². The number of halogens is 1. The molecular formula is C15H18ClN5OS. The number of urea groups is 1. The fourth-order valence-electron chi connectivity index (χ4n) is 2.56. The molecule has 0 spiro atoms. The van der Waals surface area contributed by atoms with Gasteiger partial charge in [0.1, 0.15) is 0 Å². The number of benzene rings is 1. The third-order valence-electron chi connectivity index (χ3n) is 3.79. The molecule has 2 amide bonds. The van der Waals surface area contributed by atoms with Gasteiger partial charge in [-0.25, -0.2) is 4.79 Å². The number of carbonyl (C=O) groups excluding carboxylic acids is 1. The summed E-state index contributed by atoms with van der Waals surface area (Å²) in [5, 5.41) is 15.7. The SMILES string of the molecule is CC1CCCCN1c1nnc(NC(=O)Nc2ccc(Cl)cc2)s1. The normalized spacial score (nSPS) is 17.8. The smallest absolute Gasteiger partial charge is 0.325 e. The van der Waals surface area contributed by atoms with Crippen molar-refractivity contribution in [1.29, 1.82) is 0 Å². The van der Waals surface area contributed by atoms with Crippen molar-refractivity contribution in [3.05, 3.63) is 29.3 Å². The van der Waals surface area contributed by atoms with Crippen molar-refractivity contribution >= 4 is 44.9 Å². The van der Waals surface area contributed by atoms with E-state index < -0.39 is 0 Å². The van der Waals surface area contributed by atoms with E-state index in [1.807, 2.05) is 0 Å². The summed E-state index contributed by atoms with van der Waals surface area (Å²) in [6, 6.07) is 7.04. The van der Waals surface area contributed by atoms with E-state index in [1.54, 1.807) is 24.3 Å². The maximum absolute atomic E-state index is 12.0. The number of aromatic nitrogens is 2. The van der Waals surface area contributed by atoms with E-state index in [9.17, 15) is 4.79 Å². The molecule has 1 aliphatic heterocycles. The molecule has 3 rings (SSSR count). The molecule has 2 N–H and O–H groups in total. The highest BCUT2D eigenvalue weighted by molar-refractivity contribution is 7.19. The van der Waals surface area contributed by atoms with Crippen LogP contribution in [0, 0.1) is 0 Å². The van der Waals surface area contributed by atoms with Gasteiger partial charge in [-0.15, -0.1) is 10.2 Å². The summed E-state index contributed by atoms with van der Waals surface area (Å²) in [4.78, 5) is 14.2. The number of piperidine rings is 1. The number of nitrogens with zero attached hydrogens (tertiary/aromatic N) is 3. The molecule has 1 aliphatic rings. The van der Waals surface area contributed by atoms with Gasteiger partial charge in [-0.3, -0.25) is 5.32 Å². The summed E-state index contributed by atoms with van der Waals surface area (Å²) in [6.45, 7) is 3.19. The van der Waals surface area contributed by atoms with Crippen LogP contribution in [-0.2, 0) is 0 Å². The zero-order valence-electron chi connectivity index (χ0n) is 12.8. The summed E-state index contributed by atoms with van der Waals surface area (Å²) < 4.78 is 0. The van der Waals surface area contributed by atoms with Gasteiger partial charge in [0.25, 0.3) is 0 Å². The van der Waals surface area contributed by atoms with Gasteiger partial charge in [-0.05, 0) is 50.5 Å². The molecule has 122 valence electrons. The molecule has 0 radical (unpaired) electrons. The largest absolute Gasteiger partial charge is 0.344 e. The molecule has 0 bridgehead atoms. The second-order valence-electron chi connectivity index (χ2n) is 5.51. The van der Waals surface area contributed by atoms with Crippen LogP contribution >= 0.6 is 22.9 Å². The Bertz CT molecular complexity index is 675. The standard InChI is InChI=1S/C15H18ClN5OS/c1-10-4-2-3-9-21(10)15-20-19-14(23-15)18-13(22)17-12-7-5-11(16)6-8-12/h5-8,10H,2-4,9H2,1H3,(H2,17,18,19,22). The molecule has 8 heteroatoms. The van der Waals surface area contributed by atoms with Gasteiger partial charge in [0.05, 0.1) is 0 Å². The van der Waals surface area contributed by atoms with Crippen LogP contribution in [0.1, 0.15) is 26.2 Å². The molecular weight excluding hydrogens is 334 g/mol. The number of nitrogens with one attached hydrogen (secondary N) is 2. The molecule has 23 heavy (non-hydrogen) atoms. The van der Waals surface area contributed by atoms with Crippen LogP contribution in [0.2, 0.25) is 5.02 Å². The number of anilines is 3. The van der Waals surface area contributed by atoms with Gasteiger partial charge in [-0.2, -0.15) is 0 Å². The number of carbonyl (C=O) groups is 1. The molecule has 2 aromatic rings. The second-order valence-corrected chi connectivity index (χ2v) is 6.91. The molecule has 0 saturated carbocycles. The quantitative estimate of drug-likeness (QED) is 0.868. The number of amides is 2. The van der Waals surface area contributed by atoms with Crippen LogP contribution in [0.5, 0.6) is 0 Å². The highest BCUT2D eigenvalue weighted by atomic mass is 35.5. The average molecular weight is 352 g/mol. The van der Waals surface area contributed by atoms with Gasteiger partial charge in [0.15, 0.2) is 0 Å². The van der Waals surface area contributed by atoms with Crippen LogP contribution in [0.3, 0.4) is 0 Å². The van der Waals surface area contributed by atoms with E-state index in [0.29, 0.717) is 21.9 Å². The fourth-order valence-corrected chi connectivity index (χ4v) is 3.55.